The van der Waals surface area contributed by atoms with Gasteiger partial charge in [0, 0.05) is 0 Å². The summed E-state index contributed by atoms with van der Waals surface area (Å²) in [6.07, 6.45) is 0. The summed E-state index contributed by atoms with van der Waals surface area (Å²) in [5, 5.41) is 18.3. The molecule has 0 aliphatic heterocycles. The molecule has 0 aliphatic carbocycles. The van der Waals surface area contributed by atoms with Crippen molar-refractivity contribution in [2.75, 3.05) is 0 Å². The van der Waals surface area contributed by atoms with Crippen LogP contribution >= 0.6 is 27.4 Å². The van der Waals surface area contributed by atoms with Gasteiger partial charge in [0.05, 0.1) is 11.9 Å². The molecule has 0 saturated heterocycles. The molecule has 424 valence electrons. The first-order valence-electron chi connectivity index (χ1n) is 20.5. The van der Waals surface area contributed by atoms with Gasteiger partial charge < -0.3 is 30.2 Å². The SMILES string of the molecule is BrP(c1ccccc1)(c1ccccc1)(c1ccccc1)c1ccccc1.C.C.C.C.C.C.C.C.FB(F)F.FC(F)(F)P(c1ccccc1)(c1ccccc1)(c1ccccc1)c1ccccc1.F[C-](F)F.N#CB(F)C#N.[Br-].[K+].[K+]. The molecule has 0 unspecified atom stereocenters. The first-order chi connectivity index (χ1) is 33.0. The molecule has 2 nitrogen and oxygen atoms in total. The van der Waals surface area contributed by atoms with E-state index in [0.717, 1.165) is 11.9 Å². The van der Waals surface area contributed by atoms with Crippen LogP contribution in [0.5, 0.6) is 0 Å². The molecule has 0 fully saturated rings. The maximum absolute atomic E-state index is 15.8. The minimum absolute atomic E-state index is 0. The van der Waals surface area contributed by atoms with Crippen molar-refractivity contribution >= 4 is 84.4 Å². The smallest absolute Gasteiger partial charge is 1.00 e. The molecule has 0 radical (unpaired) electrons. The summed E-state index contributed by atoms with van der Waals surface area (Å²) in [4.78, 5) is 0. The van der Waals surface area contributed by atoms with Gasteiger partial charge in [0.15, 0.2) is 6.68 Å². The zero-order valence-electron chi connectivity index (χ0n) is 38.6. The molecule has 8 rings (SSSR count). The van der Waals surface area contributed by atoms with Crippen LogP contribution in [0, 0.1) is 29.1 Å². The molecule has 0 aromatic heterocycles. The van der Waals surface area contributed by atoms with Crippen molar-refractivity contribution < 1.29 is 163 Å². The van der Waals surface area contributed by atoms with E-state index in [1.165, 1.54) is 21.2 Å². The summed E-state index contributed by atoms with van der Waals surface area (Å²) in [7, 11) is -3.67. The van der Waals surface area contributed by atoms with Gasteiger partial charge in [-0.1, -0.05) is 59.4 Å². The fourth-order valence-electron chi connectivity index (χ4n) is 8.14. The molecule has 0 N–H and O–H groups in total. The van der Waals surface area contributed by atoms with E-state index in [1.54, 1.807) is 121 Å². The number of benzene rings is 8. The molecule has 0 bridgehead atoms. The summed E-state index contributed by atoms with van der Waals surface area (Å²) in [5.74, 6) is -2.37. The molecule has 0 aliphatic rings. The topological polar surface area (TPSA) is 47.6 Å². The van der Waals surface area contributed by atoms with Gasteiger partial charge in [-0.3, -0.25) is 17.3 Å². The average molecular weight is 1330 g/mol. The molecule has 20 heteroatoms. The van der Waals surface area contributed by atoms with Gasteiger partial charge in [0.1, 0.15) is 0 Å². The van der Waals surface area contributed by atoms with E-state index >= 15 is 13.2 Å². The van der Waals surface area contributed by atoms with Gasteiger partial charge in [-0.25, -0.2) is 10.5 Å². The van der Waals surface area contributed by atoms with Crippen LogP contribution in [-0.2, 0) is 0 Å². The Morgan fingerprint density at radius 1 is 0.350 bits per heavy atom. The van der Waals surface area contributed by atoms with Gasteiger partial charge in [0.2, 0.25) is 0 Å². The van der Waals surface area contributed by atoms with Crippen molar-refractivity contribution in [3.63, 3.8) is 0 Å². The van der Waals surface area contributed by atoms with Crippen LogP contribution in [0.15, 0.2) is 243 Å². The molecular weight excluding hydrogens is 1260 g/mol. The number of hydrogen-bond donors (Lipinski definition) is 0. The van der Waals surface area contributed by atoms with Crippen molar-refractivity contribution in [3.8, 4) is 11.9 Å². The van der Waals surface area contributed by atoms with E-state index in [9.17, 15) is 30.4 Å². The Morgan fingerprint density at radius 3 is 0.575 bits per heavy atom. The molecule has 8 aromatic rings. The van der Waals surface area contributed by atoms with Crippen LogP contribution in [0.25, 0.3) is 0 Å². The zero-order chi connectivity index (χ0) is 50.4. The Hall–Kier alpha value is -2.74. The standard InChI is InChI=1S/C25H20F3P.C24H20BrP.C2BFN2.CF3.8CH4.BF3.BrH.2K/c26-25(27,28)29(21-13-5-1-6-14-21,22-15-7-2-8-16-22,23-17-9-3-10-18-23)24-19-11-4-12-20-24;25-26(21-13-5-1-6-14-21,22-15-7-2-8-16-22,23-17-9-3-10-18-23)24-19-11-4-12-20-24;4-3(1-5)2-6;2-1(3)4;;;;;;;;;2-1(3)4;;;/h1-20H;1-20H;;;8*1H4;;1H;;/q;;;-1;;;;;;;;;;;2*+1/p-1. The van der Waals surface area contributed by atoms with Gasteiger partial charge in [0.25, 0.3) is 0 Å². The number of nitrogens with zero attached hydrogens (tertiary/aromatic N) is 2. The number of halogens is 12. The number of hydrogen-bond acceptors (Lipinski definition) is 2. The van der Waals surface area contributed by atoms with Gasteiger partial charge in [-0.05, 0) is 0 Å². The van der Waals surface area contributed by atoms with E-state index in [0.29, 0.717) is 0 Å². The third kappa shape index (κ3) is 20.8. The largest absolute Gasteiger partial charge is 1.00 e. The van der Waals surface area contributed by atoms with E-state index in [4.69, 9.17) is 10.5 Å². The van der Waals surface area contributed by atoms with Crippen LogP contribution in [0.3, 0.4) is 0 Å². The minimum Gasteiger partial charge on any atom is -1.00 e. The van der Waals surface area contributed by atoms with Crippen LogP contribution in [0.1, 0.15) is 59.4 Å². The Balaban J connectivity index is -0.000000157. The fourth-order valence-corrected chi connectivity index (χ4v) is 21.7. The van der Waals surface area contributed by atoms with Crippen molar-refractivity contribution in [2.45, 2.75) is 65.3 Å². The Labute approximate surface area is 577 Å². The summed E-state index contributed by atoms with van der Waals surface area (Å²) in [5.41, 5.74) is 0. The summed E-state index contributed by atoms with van der Waals surface area (Å²) in [6.45, 7) is -10.1. The third-order valence-electron chi connectivity index (χ3n) is 10.8. The quantitative estimate of drug-likeness (QED) is 0.0662. The zero-order valence-corrected chi connectivity index (χ0v) is 49.8. The molecule has 0 amide bonds. The van der Waals surface area contributed by atoms with Crippen LogP contribution < -0.4 is 162 Å². The molecule has 8 aromatic carbocycles. The first-order valence-corrected chi connectivity index (χ1v) is 27.0. The molecular formula is C60H72B2Br2F10K2N2P2. The second-order valence-electron chi connectivity index (χ2n) is 14.4. The van der Waals surface area contributed by atoms with Gasteiger partial charge in [-0.2, -0.15) is 0 Å². The predicted molar refractivity (Wildman–Crippen MR) is 325 cm³/mol. The normalized spacial score (nSPS) is 10.2. The Morgan fingerprint density at radius 2 is 0.475 bits per heavy atom. The van der Waals surface area contributed by atoms with Crippen LogP contribution in [-0.4, -0.2) is 20.5 Å². The molecule has 0 spiro atoms. The molecule has 0 heterocycles. The maximum atomic E-state index is 15.8. The number of alkyl halides is 3. The Bertz CT molecular complexity index is 2480. The van der Waals surface area contributed by atoms with Crippen molar-refractivity contribution in [2.24, 2.45) is 0 Å². The monoisotopic (exact) mass is 1330 g/mol. The van der Waals surface area contributed by atoms with Crippen molar-refractivity contribution in [1.82, 2.24) is 0 Å². The summed E-state index contributed by atoms with van der Waals surface area (Å²) < 4.78 is 116. The van der Waals surface area contributed by atoms with Crippen molar-refractivity contribution in [1.29, 1.82) is 10.5 Å². The Kier molecular flexibility index (Phi) is 52.4. The van der Waals surface area contributed by atoms with E-state index < -0.39 is 39.0 Å². The fraction of sp³-hybridized carbons (Fsp3) is 0.150. The predicted octanol–water partition coefficient (Wildman–Crippen LogP) is 8.91. The minimum atomic E-state index is -5.08. The molecule has 0 atom stereocenters. The maximum Gasteiger partial charge on any atom is 1.00 e. The van der Waals surface area contributed by atoms with E-state index in [-0.39, 0.29) is 200 Å². The van der Waals surface area contributed by atoms with E-state index in [2.05, 4.69) is 137 Å². The van der Waals surface area contributed by atoms with E-state index in [1.807, 2.05) is 0 Å². The van der Waals surface area contributed by atoms with Crippen molar-refractivity contribution in [3.05, 3.63) is 249 Å². The first kappa shape index (κ1) is 93.7. The second kappa shape index (κ2) is 44.7. The van der Waals surface area contributed by atoms with Crippen LogP contribution in [0.2, 0.25) is 0 Å². The number of rotatable bonds is 8. The number of nitriles is 2. The van der Waals surface area contributed by atoms with Gasteiger partial charge >= 0.3 is 449 Å². The summed E-state index contributed by atoms with van der Waals surface area (Å²) >= 11 is 4.46. The van der Waals surface area contributed by atoms with Gasteiger partial charge in [-0.15, -0.1) is 0 Å². The molecule has 0 saturated carbocycles. The second-order valence-corrected chi connectivity index (χ2v) is 27.5. The summed E-state index contributed by atoms with van der Waals surface area (Å²) in [6, 6.07) is 76.9. The van der Waals surface area contributed by atoms with Crippen LogP contribution in [0.4, 0.5) is 43.6 Å². The average Bonchev–Trinajstić information content (AvgIpc) is 3.38. The third-order valence-corrected chi connectivity index (χ3v) is 27.1. The molecule has 80 heavy (non-hydrogen) atoms.